The molecule has 7 rings (SSSR count). The molecule has 0 saturated heterocycles. The highest BCUT2D eigenvalue weighted by Gasteiger charge is 2.18. The van der Waals surface area contributed by atoms with Crippen LogP contribution in [-0.2, 0) is 0 Å². The van der Waals surface area contributed by atoms with Crippen molar-refractivity contribution in [1.82, 2.24) is 4.57 Å². The van der Waals surface area contributed by atoms with Gasteiger partial charge in [0.2, 0.25) is 0 Å². The molecular formula is C35H26N2. The summed E-state index contributed by atoms with van der Waals surface area (Å²) in [6.45, 7) is 2.14. The maximum absolute atomic E-state index is 2.38. The van der Waals surface area contributed by atoms with Crippen LogP contribution in [0.3, 0.4) is 0 Å². The summed E-state index contributed by atoms with van der Waals surface area (Å²) >= 11 is 0. The number of anilines is 3. The lowest BCUT2D eigenvalue weighted by Crippen LogP contribution is -2.10. The summed E-state index contributed by atoms with van der Waals surface area (Å²) in [6.07, 6.45) is 0. The second-order valence-electron chi connectivity index (χ2n) is 9.56. The van der Waals surface area contributed by atoms with Gasteiger partial charge in [0.25, 0.3) is 0 Å². The Morgan fingerprint density at radius 3 is 1.97 bits per heavy atom. The van der Waals surface area contributed by atoms with Gasteiger partial charge in [-0.15, -0.1) is 0 Å². The number of hydrogen-bond acceptors (Lipinski definition) is 1. The Kier molecular flexibility index (Phi) is 5.04. The quantitative estimate of drug-likeness (QED) is 0.246. The number of rotatable bonds is 4. The number of para-hydroxylation sites is 2. The van der Waals surface area contributed by atoms with Crippen molar-refractivity contribution >= 4 is 49.6 Å². The summed E-state index contributed by atoms with van der Waals surface area (Å²) in [4.78, 5) is 2.38. The van der Waals surface area contributed by atoms with E-state index >= 15 is 0 Å². The smallest absolute Gasteiger partial charge is 0.0561 e. The van der Waals surface area contributed by atoms with E-state index in [0.717, 1.165) is 17.1 Å². The predicted molar refractivity (Wildman–Crippen MR) is 158 cm³/mol. The zero-order chi connectivity index (χ0) is 24.8. The van der Waals surface area contributed by atoms with Gasteiger partial charge < -0.3 is 9.47 Å². The molecule has 0 aliphatic heterocycles. The Morgan fingerprint density at radius 1 is 0.486 bits per heavy atom. The molecule has 0 N–H and O–H groups in total. The topological polar surface area (TPSA) is 8.17 Å². The van der Waals surface area contributed by atoms with Crippen molar-refractivity contribution in [2.75, 3.05) is 4.90 Å². The molecule has 176 valence electrons. The fourth-order valence-corrected chi connectivity index (χ4v) is 5.48. The largest absolute Gasteiger partial charge is 0.310 e. The molecule has 0 aliphatic rings. The molecule has 0 bridgehead atoms. The lowest BCUT2D eigenvalue weighted by Gasteiger charge is -2.27. The van der Waals surface area contributed by atoms with Crippen LogP contribution in [0, 0.1) is 6.92 Å². The first-order valence-electron chi connectivity index (χ1n) is 12.7. The molecule has 0 aliphatic carbocycles. The van der Waals surface area contributed by atoms with E-state index in [9.17, 15) is 0 Å². The molecule has 0 fully saturated rings. The summed E-state index contributed by atoms with van der Waals surface area (Å²) in [7, 11) is 0. The standard InChI is InChI=1S/C35H26N2/c1-25-18-20-28(21-19-25)36(33-17-9-11-26-10-5-6-14-30(26)33)29-22-23-32-31-15-7-8-16-34(31)37(35(32)24-29)27-12-3-2-4-13-27/h2-24H,1H3. The van der Waals surface area contributed by atoms with E-state index in [1.54, 1.807) is 0 Å². The predicted octanol–water partition coefficient (Wildman–Crippen LogP) is 9.72. The van der Waals surface area contributed by atoms with Crippen molar-refractivity contribution in [2.45, 2.75) is 6.92 Å². The third kappa shape index (κ3) is 3.57. The van der Waals surface area contributed by atoms with Crippen molar-refractivity contribution < 1.29 is 0 Å². The summed E-state index contributed by atoms with van der Waals surface area (Å²) in [6, 6.07) is 50.2. The molecule has 0 unspecified atom stereocenters. The van der Waals surface area contributed by atoms with Crippen LogP contribution in [0.25, 0.3) is 38.3 Å². The molecule has 0 spiro atoms. The molecule has 7 aromatic rings. The molecule has 2 heteroatoms. The van der Waals surface area contributed by atoms with Gasteiger partial charge in [-0.25, -0.2) is 0 Å². The van der Waals surface area contributed by atoms with Crippen LogP contribution < -0.4 is 4.90 Å². The van der Waals surface area contributed by atoms with E-state index in [1.165, 1.54) is 43.8 Å². The molecular weight excluding hydrogens is 448 g/mol. The Labute approximate surface area is 216 Å². The maximum Gasteiger partial charge on any atom is 0.0561 e. The van der Waals surface area contributed by atoms with E-state index in [0.29, 0.717) is 0 Å². The number of benzene rings is 6. The molecule has 1 heterocycles. The molecule has 37 heavy (non-hydrogen) atoms. The van der Waals surface area contributed by atoms with Crippen molar-refractivity contribution in [3.63, 3.8) is 0 Å². The van der Waals surface area contributed by atoms with Crippen molar-refractivity contribution in [3.8, 4) is 5.69 Å². The normalized spacial score (nSPS) is 11.4. The molecule has 1 aromatic heterocycles. The van der Waals surface area contributed by atoms with E-state index in [1.807, 2.05) is 0 Å². The van der Waals surface area contributed by atoms with Gasteiger partial charge in [0.15, 0.2) is 0 Å². The van der Waals surface area contributed by atoms with Crippen LogP contribution in [0.15, 0.2) is 140 Å². The third-order valence-corrected chi connectivity index (χ3v) is 7.23. The second kappa shape index (κ2) is 8.69. The van der Waals surface area contributed by atoms with Crippen LogP contribution in [-0.4, -0.2) is 4.57 Å². The lowest BCUT2D eigenvalue weighted by atomic mass is 10.1. The van der Waals surface area contributed by atoms with Crippen LogP contribution in [0.5, 0.6) is 0 Å². The van der Waals surface area contributed by atoms with Crippen molar-refractivity contribution in [1.29, 1.82) is 0 Å². The minimum atomic E-state index is 1.13. The van der Waals surface area contributed by atoms with Crippen LogP contribution >= 0.6 is 0 Å². The Morgan fingerprint density at radius 2 is 1.14 bits per heavy atom. The lowest BCUT2D eigenvalue weighted by molar-refractivity contribution is 1.18. The van der Waals surface area contributed by atoms with E-state index in [-0.39, 0.29) is 0 Å². The number of aryl methyl sites for hydroxylation is 1. The van der Waals surface area contributed by atoms with E-state index in [4.69, 9.17) is 0 Å². The Balaban J connectivity index is 1.54. The first-order valence-corrected chi connectivity index (χ1v) is 12.7. The van der Waals surface area contributed by atoms with Crippen molar-refractivity contribution in [3.05, 3.63) is 145 Å². The average molecular weight is 475 g/mol. The van der Waals surface area contributed by atoms with Gasteiger partial charge in [-0.2, -0.15) is 0 Å². The zero-order valence-corrected chi connectivity index (χ0v) is 20.7. The van der Waals surface area contributed by atoms with Gasteiger partial charge in [0.05, 0.1) is 16.7 Å². The van der Waals surface area contributed by atoms with Gasteiger partial charge in [-0.05, 0) is 60.8 Å². The van der Waals surface area contributed by atoms with Gasteiger partial charge >= 0.3 is 0 Å². The fraction of sp³-hybridized carbons (Fsp3) is 0.0286. The van der Waals surface area contributed by atoms with E-state index in [2.05, 4.69) is 156 Å². The van der Waals surface area contributed by atoms with Crippen molar-refractivity contribution in [2.24, 2.45) is 0 Å². The number of fused-ring (bicyclic) bond motifs is 4. The highest BCUT2D eigenvalue weighted by molar-refractivity contribution is 6.10. The molecule has 0 amide bonds. The fourth-order valence-electron chi connectivity index (χ4n) is 5.48. The zero-order valence-electron chi connectivity index (χ0n) is 20.7. The second-order valence-corrected chi connectivity index (χ2v) is 9.56. The Bertz CT molecular complexity index is 1870. The van der Waals surface area contributed by atoms with Gasteiger partial charge in [0, 0.05) is 33.2 Å². The van der Waals surface area contributed by atoms with Gasteiger partial charge in [-0.3, -0.25) is 0 Å². The average Bonchev–Trinajstić information content (AvgIpc) is 3.28. The van der Waals surface area contributed by atoms with Crippen LogP contribution in [0.2, 0.25) is 0 Å². The number of aromatic nitrogens is 1. The minimum Gasteiger partial charge on any atom is -0.310 e. The highest BCUT2D eigenvalue weighted by atomic mass is 15.1. The minimum absolute atomic E-state index is 1.13. The first-order chi connectivity index (χ1) is 18.3. The SMILES string of the molecule is Cc1ccc(N(c2ccc3c4ccccc4n(-c4ccccc4)c3c2)c2cccc3ccccc23)cc1. The first kappa shape index (κ1) is 21.5. The van der Waals surface area contributed by atoms with E-state index < -0.39 is 0 Å². The summed E-state index contributed by atoms with van der Waals surface area (Å²) in [5, 5.41) is 4.98. The summed E-state index contributed by atoms with van der Waals surface area (Å²) < 4.78 is 2.38. The van der Waals surface area contributed by atoms with Gasteiger partial charge in [-0.1, -0.05) is 96.6 Å². The highest BCUT2D eigenvalue weighted by Crippen LogP contribution is 2.41. The monoisotopic (exact) mass is 474 g/mol. The van der Waals surface area contributed by atoms with Crippen LogP contribution in [0.1, 0.15) is 5.56 Å². The number of hydrogen-bond donors (Lipinski definition) is 0. The number of nitrogens with zero attached hydrogens (tertiary/aromatic N) is 2. The molecule has 0 radical (unpaired) electrons. The summed E-state index contributed by atoms with van der Waals surface area (Å²) in [5.41, 5.74) is 8.27. The van der Waals surface area contributed by atoms with Crippen LogP contribution in [0.4, 0.5) is 17.1 Å². The molecule has 2 nitrogen and oxygen atoms in total. The summed E-state index contributed by atoms with van der Waals surface area (Å²) in [5.74, 6) is 0. The molecule has 0 saturated carbocycles. The third-order valence-electron chi connectivity index (χ3n) is 7.23. The van der Waals surface area contributed by atoms with Gasteiger partial charge in [0.1, 0.15) is 0 Å². The maximum atomic E-state index is 2.38. The Hall–Kier alpha value is -4.82. The molecule has 0 atom stereocenters. The molecule has 6 aromatic carbocycles.